The zero-order chi connectivity index (χ0) is 14.9. The van der Waals surface area contributed by atoms with E-state index in [1.165, 1.54) is 21.5 Å². The van der Waals surface area contributed by atoms with Gasteiger partial charge >= 0.3 is 26.2 Å². The summed E-state index contributed by atoms with van der Waals surface area (Å²) in [5.74, 6) is 0. The number of rotatable bonds is 0. The number of benzene rings is 2. The van der Waals surface area contributed by atoms with Crippen molar-refractivity contribution in [1.29, 1.82) is 0 Å². The van der Waals surface area contributed by atoms with Gasteiger partial charge in [-0.2, -0.15) is 35.0 Å². The minimum absolute atomic E-state index is 0. The molecule has 0 bridgehead atoms. The third-order valence-corrected chi connectivity index (χ3v) is 3.10. The zero-order valence-corrected chi connectivity index (χ0v) is 18.5. The topological polar surface area (TPSA) is 0 Å². The molecule has 24 heavy (non-hydrogen) atoms. The van der Waals surface area contributed by atoms with E-state index in [-0.39, 0.29) is 41.1 Å². The van der Waals surface area contributed by atoms with E-state index in [0.29, 0.717) is 0 Å². The summed E-state index contributed by atoms with van der Waals surface area (Å²) in [5.41, 5.74) is 0. The Hall–Kier alpha value is -1.24. The summed E-state index contributed by atoms with van der Waals surface area (Å²) < 4.78 is 0. The van der Waals surface area contributed by atoms with Gasteiger partial charge in [0, 0.05) is 9.52 Å². The summed E-state index contributed by atoms with van der Waals surface area (Å²) in [6.07, 6.45) is 0. The predicted molar refractivity (Wildman–Crippen MR) is 109 cm³/mol. The van der Waals surface area contributed by atoms with E-state index in [9.17, 15) is 0 Å². The molecule has 0 aliphatic rings. The Bertz CT molecular complexity index is 641. The molecule has 0 heterocycles. The maximum absolute atomic E-state index is 2.15. The Balaban J connectivity index is 0. The molecule has 0 atom stereocenters. The van der Waals surface area contributed by atoms with Gasteiger partial charge in [0.2, 0.25) is 0 Å². The molecule has 0 nitrogen and oxygen atoms in total. The van der Waals surface area contributed by atoms with E-state index in [2.05, 4.69) is 98.0 Å². The van der Waals surface area contributed by atoms with Crippen LogP contribution in [-0.2, 0) is 26.2 Å². The molecular weight excluding hydrogens is 384 g/mol. The quantitative estimate of drug-likeness (QED) is 0.221. The fraction of sp³-hybridized carbons (Fsp3) is 0.0909. The third-order valence-electron chi connectivity index (χ3n) is 3.10. The Morgan fingerprint density at radius 2 is 0.958 bits per heavy atom. The molecule has 0 spiro atoms. The van der Waals surface area contributed by atoms with Gasteiger partial charge in [0.05, 0.1) is 0 Å². The van der Waals surface area contributed by atoms with E-state index in [1.54, 1.807) is 0 Å². The van der Waals surface area contributed by atoms with Crippen molar-refractivity contribution in [2.45, 2.75) is 13.1 Å². The van der Waals surface area contributed by atoms with Crippen LogP contribution in [0.4, 0.5) is 0 Å². The second-order valence-electron chi connectivity index (χ2n) is 4.81. The normalized spacial score (nSPS) is 8.42. The van der Waals surface area contributed by atoms with Gasteiger partial charge < -0.3 is 14.9 Å². The molecule has 0 saturated carbocycles. The van der Waals surface area contributed by atoms with Crippen LogP contribution in [0.2, 0.25) is 13.1 Å². The molecule has 0 amide bonds. The molecule has 4 aromatic rings. The minimum Gasteiger partial charge on any atom is -0.358 e. The van der Waals surface area contributed by atoms with Gasteiger partial charge in [-0.3, -0.25) is 0 Å². The largest absolute Gasteiger partial charge is 4.00 e. The molecule has 0 unspecified atom stereocenters. The molecule has 4 rings (SSSR count). The first-order chi connectivity index (χ1) is 10.3. The fourth-order valence-electron chi connectivity index (χ4n) is 2.14. The summed E-state index contributed by atoms with van der Waals surface area (Å²) in [6.45, 7) is 4.31. The Morgan fingerprint density at radius 3 is 1.29 bits per heavy atom. The van der Waals surface area contributed by atoms with Crippen LogP contribution >= 0.6 is 0 Å². The van der Waals surface area contributed by atoms with E-state index < -0.39 is 0 Å². The van der Waals surface area contributed by atoms with E-state index in [1.807, 2.05) is 0 Å². The molecule has 2 heteroatoms. The maximum atomic E-state index is 2.15. The van der Waals surface area contributed by atoms with Gasteiger partial charge in [0.25, 0.3) is 0 Å². The Labute approximate surface area is 169 Å². The maximum Gasteiger partial charge on any atom is 4.00 e. The SMILES string of the molecule is C[Si]C.[CH3-].[CH3-].[Zr+4].c1ccc2[cH-]ccc2c1.c1ccc2[cH-]ccc2c1. The summed E-state index contributed by atoms with van der Waals surface area (Å²) in [4.78, 5) is 0. The van der Waals surface area contributed by atoms with E-state index >= 15 is 0 Å². The Morgan fingerprint density at radius 1 is 0.625 bits per heavy atom. The van der Waals surface area contributed by atoms with Gasteiger partial charge in [0.1, 0.15) is 0 Å². The molecule has 0 N–H and O–H groups in total. The van der Waals surface area contributed by atoms with Crippen molar-refractivity contribution in [2.24, 2.45) is 0 Å². The van der Waals surface area contributed by atoms with Crippen LogP contribution in [0.15, 0.2) is 84.9 Å². The molecule has 122 valence electrons. The molecule has 0 aromatic heterocycles. The zero-order valence-electron chi connectivity index (χ0n) is 15.1. The van der Waals surface area contributed by atoms with Crippen molar-refractivity contribution >= 4 is 31.1 Å². The van der Waals surface area contributed by atoms with Crippen molar-refractivity contribution in [3.05, 3.63) is 99.8 Å². The second kappa shape index (κ2) is 14.1. The van der Waals surface area contributed by atoms with Crippen LogP contribution in [0.3, 0.4) is 0 Å². The monoisotopic (exact) mass is 408 g/mol. The van der Waals surface area contributed by atoms with Gasteiger partial charge in [-0.05, 0) is 0 Å². The molecule has 0 fully saturated rings. The summed E-state index contributed by atoms with van der Waals surface area (Å²) in [7, 11) is 1.08. The third kappa shape index (κ3) is 7.55. The van der Waals surface area contributed by atoms with Crippen LogP contribution in [0.25, 0.3) is 21.5 Å². The predicted octanol–water partition coefficient (Wildman–Crippen LogP) is 6.80. The van der Waals surface area contributed by atoms with Gasteiger partial charge in [-0.1, -0.05) is 25.2 Å². The second-order valence-corrected chi connectivity index (χ2v) is 5.81. The Kier molecular flexibility index (Phi) is 14.7. The smallest absolute Gasteiger partial charge is 0.358 e. The molecule has 0 aliphatic carbocycles. The van der Waals surface area contributed by atoms with E-state index in [4.69, 9.17) is 0 Å². The minimum atomic E-state index is 0. The van der Waals surface area contributed by atoms with Crippen LogP contribution < -0.4 is 0 Å². The molecule has 2 radical (unpaired) electrons. The summed E-state index contributed by atoms with van der Waals surface area (Å²) in [5, 5.41) is 5.32. The van der Waals surface area contributed by atoms with Crippen LogP contribution in [0, 0.1) is 14.9 Å². The first kappa shape index (κ1) is 25.0. The molecule has 4 aromatic carbocycles. The molecular formula is C22H26SiZr. The van der Waals surface area contributed by atoms with Crippen molar-refractivity contribution < 1.29 is 26.2 Å². The fourth-order valence-corrected chi connectivity index (χ4v) is 2.14. The van der Waals surface area contributed by atoms with Crippen molar-refractivity contribution in [2.75, 3.05) is 0 Å². The first-order valence-corrected chi connectivity index (χ1v) is 9.14. The average molecular weight is 410 g/mol. The summed E-state index contributed by atoms with van der Waals surface area (Å²) >= 11 is 0. The van der Waals surface area contributed by atoms with Gasteiger partial charge in [0.15, 0.2) is 0 Å². The van der Waals surface area contributed by atoms with Gasteiger partial charge in [-0.25, -0.2) is 0 Å². The van der Waals surface area contributed by atoms with Crippen molar-refractivity contribution in [1.82, 2.24) is 0 Å². The average Bonchev–Trinajstić information content (AvgIpc) is 3.17. The van der Waals surface area contributed by atoms with Crippen LogP contribution in [-0.4, -0.2) is 9.52 Å². The van der Waals surface area contributed by atoms with E-state index in [0.717, 1.165) is 9.52 Å². The summed E-state index contributed by atoms with van der Waals surface area (Å²) in [6, 6.07) is 29.3. The van der Waals surface area contributed by atoms with Crippen LogP contribution in [0.5, 0.6) is 0 Å². The molecule has 0 aliphatic heterocycles. The first-order valence-electron chi connectivity index (χ1n) is 7.14. The number of fused-ring (bicyclic) bond motifs is 2. The number of hydrogen-bond acceptors (Lipinski definition) is 0. The van der Waals surface area contributed by atoms with Crippen molar-refractivity contribution in [3.63, 3.8) is 0 Å². The van der Waals surface area contributed by atoms with Crippen LogP contribution in [0.1, 0.15) is 0 Å². The van der Waals surface area contributed by atoms with Gasteiger partial charge in [-0.15, -0.1) is 59.3 Å². The number of hydrogen-bond donors (Lipinski definition) is 0. The van der Waals surface area contributed by atoms with Crippen molar-refractivity contribution in [3.8, 4) is 0 Å². The molecule has 0 saturated heterocycles. The standard InChI is InChI=1S/2C9H7.C2H6Si.2CH3.Zr/c2*1-2-5-9-7-3-6-8(9)4-1;1-3-2;;;/h2*1-7H;1-2H3;2*1H3;/q2*-1;;2*-1;+4.